The fourth-order valence-corrected chi connectivity index (χ4v) is 3.53. The van der Waals surface area contributed by atoms with Crippen LogP contribution in [0.5, 0.6) is 5.75 Å². The van der Waals surface area contributed by atoms with Crippen molar-refractivity contribution in [3.8, 4) is 5.75 Å². The number of ether oxygens (including phenoxy) is 1. The van der Waals surface area contributed by atoms with Crippen molar-refractivity contribution in [2.24, 2.45) is 4.99 Å². The highest BCUT2D eigenvalue weighted by molar-refractivity contribution is 7.84. The Morgan fingerprint density at radius 1 is 1.15 bits per heavy atom. The number of rotatable bonds is 9. The minimum Gasteiger partial charge on any atom is -0.489 e. The number of benzene rings is 2. The van der Waals surface area contributed by atoms with Gasteiger partial charge in [0.25, 0.3) is 0 Å². The fraction of sp³-hybridized carbons (Fsp3) is 0.350. The van der Waals surface area contributed by atoms with E-state index in [4.69, 9.17) is 16.3 Å². The molecule has 2 unspecified atom stereocenters. The van der Waals surface area contributed by atoms with E-state index in [0.29, 0.717) is 35.6 Å². The van der Waals surface area contributed by atoms with E-state index < -0.39 is 10.8 Å². The van der Waals surface area contributed by atoms with Gasteiger partial charge in [-0.2, -0.15) is 0 Å². The zero-order valence-electron chi connectivity index (χ0n) is 15.7. The monoisotopic (exact) mass is 407 g/mol. The molecule has 2 aromatic carbocycles. The van der Waals surface area contributed by atoms with Crippen LogP contribution < -0.4 is 15.4 Å². The Morgan fingerprint density at radius 3 is 2.52 bits per heavy atom. The van der Waals surface area contributed by atoms with Crippen LogP contribution in [0, 0.1) is 0 Å². The Bertz CT molecular complexity index is 739. The maximum absolute atomic E-state index is 12.2. The van der Waals surface area contributed by atoms with E-state index in [9.17, 15) is 4.21 Å². The summed E-state index contributed by atoms with van der Waals surface area (Å²) in [6, 6.07) is 17.2. The average molecular weight is 408 g/mol. The number of nitrogens with zero attached hydrogens (tertiary/aromatic N) is 1. The number of hydrogen-bond donors (Lipinski definition) is 2. The van der Waals surface area contributed by atoms with Gasteiger partial charge in [-0.25, -0.2) is 0 Å². The van der Waals surface area contributed by atoms with Crippen LogP contribution >= 0.6 is 11.6 Å². The summed E-state index contributed by atoms with van der Waals surface area (Å²) in [5.41, 5.74) is 1.09. The lowest BCUT2D eigenvalue weighted by atomic mass is 10.2. The van der Waals surface area contributed by atoms with Crippen molar-refractivity contribution in [2.45, 2.75) is 18.8 Å². The van der Waals surface area contributed by atoms with Gasteiger partial charge in [0, 0.05) is 40.9 Å². The molecule has 0 spiro atoms. The summed E-state index contributed by atoms with van der Waals surface area (Å²) < 4.78 is 18.0. The summed E-state index contributed by atoms with van der Waals surface area (Å²) in [4.78, 5) is 4.18. The molecule has 2 rings (SSSR count). The van der Waals surface area contributed by atoms with Gasteiger partial charge in [-0.3, -0.25) is 9.20 Å². The summed E-state index contributed by atoms with van der Waals surface area (Å²) in [7, 11) is 0.798. The molecular weight excluding hydrogens is 382 g/mol. The number of halogens is 1. The highest BCUT2D eigenvalue weighted by atomic mass is 35.5. The lowest BCUT2D eigenvalue weighted by molar-refractivity contribution is 0.224. The number of aliphatic imine (C=N–C) groups is 1. The molecule has 0 aliphatic rings. The van der Waals surface area contributed by atoms with Crippen LogP contribution in [0.15, 0.2) is 59.6 Å². The summed E-state index contributed by atoms with van der Waals surface area (Å²) in [6.45, 7) is 3.16. The van der Waals surface area contributed by atoms with E-state index in [2.05, 4.69) is 15.6 Å². The first-order valence-corrected chi connectivity index (χ1v) is 10.7. The van der Waals surface area contributed by atoms with Crippen LogP contribution in [-0.4, -0.2) is 42.2 Å². The third-order valence-corrected chi connectivity index (χ3v) is 5.29. The Morgan fingerprint density at radius 2 is 1.85 bits per heavy atom. The molecule has 0 saturated heterocycles. The van der Waals surface area contributed by atoms with E-state index >= 15 is 0 Å². The van der Waals surface area contributed by atoms with Crippen LogP contribution in [0.1, 0.15) is 12.5 Å². The molecule has 0 aromatic heterocycles. The minimum atomic E-state index is -0.911. The molecule has 2 N–H and O–H groups in total. The topological polar surface area (TPSA) is 62.7 Å². The van der Waals surface area contributed by atoms with Crippen LogP contribution in [0.4, 0.5) is 0 Å². The van der Waals surface area contributed by atoms with Crippen LogP contribution in [-0.2, 0) is 16.6 Å². The maximum atomic E-state index is 12.2. The van der Waals surface area contributed by atoms with E-state index in [1.807, 2.05) is 49.4 Å². The Labute approximate surface area is 168 Å². The van der Waals surface area contributed by atoms with Gasteiger partial charge in [0.1, 0.15) is 11.9 Å². The standard InChI is InChI=1S/C20H26ClN3O2S/c1-16(26-19-10-8-18(21)9-11-19)14-24-20(22-2)23-12-13-27(25)15-17-6-4-3-5-7-17/h3-11,16H,12-15H2,1-2H3,(H2,22,23,24). The first kappa shape index (κ1) is 21.3. The van der Waals surface area contributed by atoms with Crippen LogP contribution in [0.3, 0.4) is 0 Å². The minimum absolute atomic E-state index is 0.0445. The van der Waals surface area contributed by atoms with E-state index in [0.717, 1.165) is 11.3 Å². The molecule has 0 saturated carbocycles. The van der Waals surface area contributed by atoms with Crippen LogP contribution in [0.25, 0.3) is 0 Å². The second-order valence-corrected chi connectivity index (χ2v) is 8.05. The van der Waals surface area contributed by atoms with E-state index in [1.54, 1.807) is 19.2 Å². The van der Waals surface area contributed by atoms with Gasteiger partial charge in [0.05, 0.1) is 6.54 Å². The normalized spacial score (nSPS) is 13.7. The van der Waals surface area contributed by atoms with Crippen molar-refractivity contribution in [3.05, 3.63) is 65.2 Å². The second-order valence-electron chi connectivity index (χ2n) is 6.04. The molecule has 2 atom stereocenters. The molecule has 0 radical (unpaired) electrons. The summed E-state index contributed by atoms with van der Waals surface area (Å²) in [5, 5.41) is 7.08. The van der Waals surface area contributed by atoms with Gasteiger partial charge in [-0.1, -0.05) is 41.9 Å². The first-order chi connectivity index (χ1) is 13.1. The SMILES string of the molecule is CN=C(NCCS(=O)Cc1ccccc1)NCC(C)Oc1ccc(Cl)cc1. The smallest absolute Gasteiger partial charge is 0.191 e. The predicted octanol–water partition coefficient (Wildman–Crippen LogP) is 3.22. The number of nitrogens with one attached hydrogen (secondary N) is 2. The Kier molecular flexibility index (Phi) is 9.15. The molecule has 0 amide bonds. The third-order valence-electron chi connectivity index (χ3n) is 3.72. The average Bonchev–Trinajstić information content (AvgIpc) is 2.67. The number of hydrogen-bond acceptors (Lipinski definition) is 3. The molecule has 27 heavy (non-hydrogen) atoms. The maximum Gasteiger partial charge on any atom is 0.191 e. The molecule has 0 aliphatic heterocycles. The Hall–Kier alpha value is -2.05. The molecule has 0 fully saturated rings. The highest BCUT2D eigenvalue weighted by Gasteiger charge is 2.07. The van der Waals surface area contributed by atoms with Gasteiger partial charge < -0.3 is 15.4 Å². The summed E-state index contributed by atoms with van der Waals surface area (Å²) in [5.74, 6) is 2.57. The second kappa shape index (κ2) is 11.6. The molecule has 7 heteroatoms. The fourth-order valence-electron chi connectivity index (χ4n) is 2.36. The van der Waals surface area contributed by atoms with Gasteiger partial charge in [-0.15, -0.1) is 0 Å². The molecule has 5 nitrogen and oxygen atoms in total. The van der Waals surface area contributed by atoms with Gasteiger partial charge >= 0.3 is 0 Å². The quantitative estimate of drug-likeness (QED) is 0.495. The van der Waals surface area contributed by atoms with Crippen molar-refractivity contribution in [1.29, 1.82) is 0 Å². The first-order valence-electron chi connectivity index (χ1n) is 8.82. The highest BCUT2D eigenvalue weighted by Crippen LogP contribution is 2.16. The molecule has 146 valence electrons. The number of guanidine groups is 1. The molecule has 0 aliphatic carbocycles. The molecular formula is C20H26ClN3O2S. The molecule has 2 aromatic rings. The zero-order valence-corrected chi connectivity index (χ0v) is 17.2. The molecule has 0 heterocycles. The van der Waals surface area contributed by atoms with Crippen molar-refractivity contribution < 1.29 is 8.95 Å². The van der Waals surface area contributed by atoms with Gasteiger partial charge in [-0.05, 0) is 36.8 Å². The van der Waals surface area contributed by atoms with Gasteiger partial charge in [0.2, 0.25) is 0 Å². The van der Waals surface area contributed by atoms with Crippen LogP contribution in [0.2, 0.25) is 5.02 Å². The van der Waals surface area contributed by atoms with Crippen molar-refractivity contribution >= 4 is 28.4 Å². The van der Waals surface area contributed by atoms with Gasteiger partial charge in [0.15, 0.2) is 5.96 Å². The van der Waals surface area contributed by atoms with Crippen molar-refractivity contribution in [2.75, 3.05) is 25.9 Å². The van der Waals surface area contributed by atoms with E-state index in [1.165, 1.54) is 0 Å². The largest absolute Gasteiger partial charge is 0.489 e. The Balaban J connectivity index is 1.66. The summed E-state index contributed by atoms with van der Waals surface area (Å²) >= 11 is 5.87. The molecule has 0 bridgehead atoms. The summed E-state index contributed by atoms with van der Waals surface area (Å²) in [6.07, 6.45) is -0.0445. The lowest BCUT2D eigenvalue weighted by Gasteiger charge is -2.17. The zero-order chi connectivity index (χ0) is 19.5. The van der Waals surface area contributed by atoms with Crippen molar-refractivity contribution in [1.82, 2.24) is 10.6 Å². The predicted molar refractivity (Wildman–Crippen MR) is 114 cm³/mol. The van der Waals surface area contributed by atoms with E-state index in [-0.39, 0.29) is 6.10 Å². The lowest BCUT2D eigenvalue weighted by Crippen LogP contribution is -2.43. The third kappa shape index (κ3) is 8.45. The van der Waals surface area contributed by atoms with Crippen molar-refractivity contribution in [3.63, 3.8) is 0 Å².